The van der Waals surface area contributed by atoms with Gasteiger partial charge in [-0.3, -0.25) is 20.2 Å². The van der Waals surface area contributed by atoms with Crippen LogP contribution in [-0.4, -0.2) is 17.8 Å². The summed E-state index contributed by atoms with van der Waals surface area (Å²) in [4.78, 5) is 35.1. The smallest absolute Gasteiger partial charge is 0.277 e. The van der Waals surface area contributed by atoms with E-state index in [0.29, 0.717) is 18.4 Å². The molecule has 1 heterocycles. The van der Waals surface area contributed by atoms with Gasteiger partial charge in [0.05, 0.1) is 0 Å². The number of allylic oxidation sites excluding steroid dienone is 1. The Balaban J connectivity index is 0.00000289. The molecule has 18 heavy (non-hydrogen) atoms. The summed E-state index contributed by atoms with van der Waals surface area (Å²) >= 11 is 0. The van der Waals surface area contributed by atoms with Crippen molar-refractivity contribution in [2.45, 2.75) is 40.0 Å². The van der Waals surface area contributed by atoms with Crippen molar-refractivity contribution in [2.75, 3.05) is 0 Å². The average Bonchev–Trinajstić information content (AvgIpc) is 2.23. The predicted molar refractivity (Wildman–Crippen MR) is 63.1 cm³/mol. The summed E-state index contributed by atoms with van der Waals surface area (Å²) in [6.07, 6.45) is 3.68. The quantitative estimate of drug-likeness (QED) is 0.367. The molecule has 0 aromatic heterocycles. The minimum absolute atomic E-state index is 0. The molecule has 0 saturated carbocycles. The molecule has 0 spiro atoms. The molecule has 4 amide bonds. The molecule has 0 radical (unpaired) electrons. The fourth-order valence-electron chi connectivity index (χ4n) is 2.19. The molecule has 1 fully saturated rings. The number of hydrogen-bond donors (Lipinski definition) is 2. The molecular formula is C12H18N2NaO3+. The van der Waals surface area contributed by atoms with Crippen LogP contribution in [0, 0.1) is 5.41 Å². The molecule has 0 bridgehead atoms. The number of barbiturate groups is 1. The van der Waals surface area contributed by atoms with E-state index in [9.17, 15) is 14.4 Å². The fourth-order valence-corrected chi connectivity index (χ4v) is 2.19. The summed E-state index contributed by atoms with van der Waals surface area (Å²) in [5.41, 5.74) is -0.525. The van der Waals surface area contributed by atoms with Gasteiger partial charge in [0.25, 0.3) is 0 Å². The van der Waals surface area contributed by atoms with Gasteiger partial charge < -0.3 is 0 Å². The third kappa shape index (κ3) is 3.02. The first kappa shape index (κ1) is 17.4. The number of imide groups is 2. The second-order valence-electron chi connectivity index (χ2n) is 4.19. The van der Waals surface area contributed by atoms with Crippen LogP contribution >= 0.6 is 0 Å². The topological polar surface area (TPSA) is 75.3 Å². The van der Waals surface area contributed by atoms with Gasteiger partial charge in [-0.25, -0.2) is 4.79 Å². The molecule has 0 unspecified atom stereocenters. The zero-order chi connectivity index (χ0) is 13.1. The van der Waals surface area contributed by atoms with Crippen molar-refractivity contribution >= 4 is 17.8 Å². The Morgan fingerprint density at radius 2 is 1.67 bits per heavy atom. The Bertz CT molecular complexity index is 371. The van der Waals surface area contributed by atoms with Crippen LogP contribution in [0.25, 0.3) is 0 Å². The molecule has 2 N–H and O–H groups in total. The third-order valence-electron chi connectivity index (χ3n) is 3.04. The molecule has 5 nitrogen and oxygen atoms in total. The molecule has 0 aromatic rings. The normalized spacial score (nSPS) is 18.8. The Kier molecular flexibility index (Phi) is 6.81. The first-order chi connectivity index (χ1) is 7.98. The largest absolute Gasteiger partial charge is 1.00 e. The van der Waals surface area contributed by atoms with E-state index in [4.69, 9.17) is 0 Å². The van der Waals surface area contributed by atoms with Gasteiger partial charge in [-0.1, -0.05) is 31.9 Å². The second kappa shape index (κ2) is 7.07. The summed E-state index contributed by atoms with van der Waals surface area (Å²) in [7, 11) is 0. The summed E-state index contributed by atoms with van der Waals surface area (Å²) < 4.78 is 0. The number of hydrogen-bond acceptors (Lipinski definition) is 3. The fraction of sp³-hybridized carbons (Fsp3) is 0.583. The molecule has 1 saturated heterocycles. The van der Waals surface area contributed by atoms with Gasteiger partial charge in [-0.15, -0.1) is 0 Å². The van der Waals surface area contributed by atoms with E-state index in [2.05, 4.69) is 10.6 Å². The van der Waals surface area contributed by atoms with Gasteiger partial charge in [0.1, 0.15) is 5.41 Å². The molecular weight excluding hydrogens is 243 g/mol. The molecule has 1 rings (SSSR count). The maximum atomic E-state index is 12.0. The zero-order valence-corrected chi connectivity index (χ0v) is 13.4. The SMILES string of the molecule is CC/C=C(\C)C1(CCC)C(=O)NC(=O)NC1=O.[Na+]. The monoisotopic (exact) mass is 261 g/mol. The summed E-state index contributed by atoms with van der Waals surface area (Å²) in [6.45, 7) is 5.60. The number of carbonyl (C=O) groups excluding carboxylic acids is 3. The Morgan fingerprint density at radius 3 is 2.06 bits per heavy atom. The molecule has 0 atom stereocenters. The first-order valence-corrected chi connectivity index (χ1v) is 5.83. The van der Waals surface area contributed by atoms with Gasteiger partial charge >= 0.3 is 35.6 Å². The van der Waals surface area contributed by atoms with Crippen molar-refractivity contribution in [3.05, 3.63) is 11.6 Å². The molecule has 0 aromatic carbocycles. The van der Waals surface area contributed by atoms with Crippen LogP contribution in [0.2, 0.25) is 0 Å². The average molecular weight is 261 g/mol. The van der Waals surface area contributed by atoms with Gasteiger partial charge in [0.15, 0.2) is 0 Å². The van der Waals surface area contributed by atoms with Crippen molar-refractivity contribution in [1.29, 1.82) is 0 Å². The number of urea groups is 1. The number of carbonyl (C=O) groups is 3. The molecule has 0 aliphatic carbocycles. The molecule has 1 aliphatic rings. The van der Waals surface area contributed by atoms with Crippen LogP contribution in [0.4, 0.5) is 4.79 Å². The van der Waals surface area contributed by atoms with Crippen LogP contribution in [0.5, 0.6) is 0 Å². The van der Waals surface area contributed by atoms with E-state index >= 15 is 0 Å². The van der Waals surface area contributed by atoms with E-state index in [-0.39, 0.29) is 29.6 Å². The van der Waals surface area contributed by atoms with E-state index in [1.165, 1.54) is 0 Å². The van der Waals surface area contributed by atoms with E-state index in [0.717, 1.165) is 6.42 Å². The van der Waals surface area contributed by atoms with Crippen molar-refractivity contribution < 1.29 is 43.9 Å². The van der Waals surface area contributed by atoms with E-state index in [1.54, 1.807) is 6.92 Å². The Hall–Kier alpha value is -0.650. The van der Waals surface area contributed by atoms with Crippen molar-refractivity contribution in [2.24, 2.45) is 5.41 Å². The summed E-state index contributed by atoms with van der Waals surface area (Å²) in [5, 5.41) is 4.35. The number of nitrogens with one attached hydrogen (secondary N) is 2. The molecule has 6 heteroatoms. The third-order valence-corrected chi connectivity index (χ3v) is 3.04. The van der Waals surface area contributed by atoms with Crippen LogP contribution in [-0.2, 0) is 9.59 Å². The van der Waals surface area contributed by atoms with Gasteiger partial charge in [0, 0.05) is 0 Å². The van der Waals surface area contributed by atoms with Gasteiger partial charge in [0.2, 0.25) is 11.8 Å². The maximum Gasteiger partial charge on any atom is 1.00 e. The number of rotatable bonds is 4. The second-order valence-corrected chi connectivity index (χ2v) is 4.19. The standard InChI is InChI=1S/C12H18N2O3.Na/c1-4-6-8(3)12(7-5-2)9(15)13-11(17)14-10(12)16;/h6H,4-5,7H2,1-3H3,(H2,13,14,15,16,17);/q;+1/b8-6+;. The van der Waals surface area contributed by atoms with Crippen LogP contribution in [0.1, 0.15) is 40.0 Å². The Labute approximate surface area is 129 Å². The van der Waals surface area contributed by atoms with Crippen molar-refractivity contribution in [3.63, 3.8) is 0 Å². The van der Waals surface area contributed by atoms with E-state index < -0.39 is 23.3 Å². The van der Waals surface area contributed by atoms with E-state index in [1.807, 2.05) is 19.9 Å². The van der Waals surface area contributed by atoms with Crippen molar-refractivity contribution in [3.8, 4) is 0 Å². The minimum atomic E-state index is -1.22. The Morgan fingerprint density at radius 1 is 1.17 bits per heavy atom. The van der Waals surface area contributed by atoms with Crippen LogP contribution in [0.3, 0.4) is 0 Å². The molecule has 1 aliphatic heterocycles. The van der Waals surface area contributed by atoms with Crippen molar-refractivity contribution in [1.82, 2.24) is 10.6 Å². The predicted octanol–water partition coefficient (Wildman–Crippen LogP) is -1.50. The van der Waals surface area contributed by atoms with Gasteiger partial charge in [-0.05, 0) is 19.8 Å². The first-order valence-electron chi connectivity index (χ1n) is 5.83. The van der Waals surface area contributed by atoms with Crippen LogP contribution < -0.4 is 40.2 Å². The summed E-state index contributed by atoms with van der Waals surface area (Å²) in [5.74, 6) is -1.04. The maximum absolute atomic E-state index is 12.0. The minimum Gasteiger partial charge on any atom is -0.277 e. The van der Waals surface area contributed by atoms with Gasteiger partial charge in [-0.2, -0.15) is 0 Å². The van der Waals surface area contributed by atoms with Crippen LogP contribution in [0.15, 0.2) is 11.6 Å². The molecule has 94 valence electrons. The number of amides is 4. The summed E-state index contributed by atoms with van der Waals surface area (Å²) in [6, 6.07) is -0.740. The zero-order valence-electron chi connectivity index (χ0n) is 11.4.